The van der Waals surface area contributed by atoms with E-state index >= 15 is 0 Å². The Morgan fingerprint density at radius 3 is 2.77 bits per heavy atom. The van der Waals surface area contributed by atoms with E-state index in [1.807, 2.05) is 19.9 Å². The Balaban J connectivity index is 1.90. The Morgan fingerprint density at radius 2 is 2.07 bits per heavy atom. The number of nitro groups is 1. The van der Waals surface area contributed by atoms with Gasteiger partial charge in [-0.05, 0) is 30.7 Å². The fourth-order valence-electron chi connectivity index (χ4n) is 3.11. The van der Waals surface area contributed by atoms with E-state index < -0.39 is 4.92 Å². The summed E-state index contributed by atoms with van der Waals surface area (Å²) in [6.45, 7) is 3.93. The maximum atomic E-state index is 13.2. The summed E-state index contributed by atoms with van der Waals surface area (Å²) in [5.74, 6) is 1.12. The first kappa shape index (κ1) is 20.0. The number of ether oxygens (including phenoxy) is 2. The molecule has 0 saturated heterocycles. The molecule has 1 aliphatic rings. The molecule has 0 N–H and O–H groups in total. The van der Waals surface area contributed by atoms with Crippen molar-refractivity contribution in [1.82, 2.24) is 9.66 Å². The van der Waals surface area contributed by atoms with Crippen molar-refractivity contribution in [3.8, 4) is 11.5 Å². The predicted molar refractivity (Wildman–Crippen MR) is 115 cm³/mol. The van der Waals surface area contributed by atoms with E-state index in [1.54, 1.807) is 12.1 Å². The van der Waals surface area contributed by atoms with Crippen LogP contribution in [0.25, 0.3) is 10.9 Å². The van der Waals surface area contributed by atoms with E-state index in [0.29, 0.717) is 28.2 Å². The molecule has 30 heavy (non-hydrogen) atoms. The Morgan fingerprint density at radius 1 is 1.33 bits per heavy atom. The summed E-state index contributed by atoms with van der Waals surface area (Å²) in [5, 5.41) is 16.2. The van der Waals surface area contributed by atoms with Crippen molar-refractivity contribution in [2.24, 2.45) is 5.10 Å². The van der Waals surface area contributed by atoms with Crippen molar-refractivity contribution in [2.45, 2.75) is 26.2 Å². The third-order valence-electron chi connectivity index (χ3n) is 4.92. The van der Waals surface area contributed by atoms with Gasteiger partial charge >= 0.3 is 0 Å². The molecule has 0 aliphatic carbocycles. The second-order valence-corrected chi connectivity index (χ2v) is 7.74. The summed E-state index contributed by atoms with van der Waals surface area (Å²) in [6.07, 6.45) is 2.02. The molecule has 3 aromatic rings. The molecule has 1 aromatic heterocycles. The number of fused-ring (bicyclic) bond motifs is 2. The number of nitrogens with zero attached hydrogens (tertiary/aromatic N) is 4. The van der Waals surface area contributed by atoms with Gasteiger partial charge < -0.3 is 9.47 Å². The van der Waals surface area contributed by atoms with Gasteiger partial charge in [-0.3, -0.25) is 14.9 Å². The van der Waals surface area contributed by atoms with Crippen molar-refractivity contribution in [3.63, 3.8) is 0 Å². The van der Waals surface area contributed by atoms with Crippen LogP contribution < -0.4 is 15.0 Å². The number of rotatable bonds is 5. The Bertz CT molecular complexity index is 1250. The third kappa shape index (κ3) is 3.54. The van der Waals surface area contributed by atoms with Crippen LogP contribution in [0.3, 0.4) is 0 Å². The van der Waals surface area contributed by atoms with Crippen molar-refractivity contribution in [1.29, 1.82) is 0 Å². The molecule has 10 heteroatoms. The van der Waals surface area contributed by atoms with E-state index in [9.17, 15) is 14.9 Å². The minimum atomic E-state index is -0.530. The summed E-state index contributed by atoms with van der Waals surface area (Å²) in [4.78, 5) is 28.7. The summed E-state index contributed by atoms with van der Waals surface area (Å²) in [6, 6.07) is 8.03. The topological polar surface area (TPSA) is 109 Å². The molecule has 0 spiro atoms. The number of nitro benzene ring substituents is 1. The van der Waals surface area contributed by atoms with E-state index in [1.165, 1.54) is 23.0 Å². The Kier molecular flexibility index (Phi) is 5.25. The summed E-state index contributed by atoms with van der Waals surface area (Å²) in [7, 11) is 0. The highest BCUT2D eigenvalue weighted by Gasteiger charge is 2.23. The Hall–Kier alpha value is -3.27. The largest absolute Gasteiger partial charge is 0.454 e. The molecule has 1 atom stereocenters. The first-order chi connectivity index (χ1) is 14.4. The van der Waals surface area contributed by atoms with Crippen LogP contribution in [0, 0.1) is 10.1 Å². The molecule has 154 valence electrons. The number of benzene rings is 2. The zero-order valence-electron chi connectivity index (χ0n) is 16.2. The smallest absolute Gasteiger partial charge is 0.282 e. The van der Waals surface area contributed by atoms with Crippen LogP contribution in [0.5, 0.6) is 11.5 Å². The standard InChI is InChI=1S/C20H17BrN4O5/c1-3-11(2)19-23-15-5-4-13(21)7-14(15)20(26)24(19)22-9-12-6-17-18(30-10-29-17)8-16(12)25(27)28/h4-9,11H,3,10H2,1-2H3/t11-/m1/s1. The van der Waals surface area contributed by atoms with Gasteiger partial charge in [-0.2, -0.15) is 9.78 Å². The summed E-state index contributed by atoms with van der Waals surface area (Å²) >= 11 is 3.37. The number of hydrogen-bond donors (Lipinski definition) is 0. The van der Waals surface area contributed by atoms with Crippen molar-refractivity contribution >= 4 is 38.7 Å². The molecule has 1 aliphatic heterocycles. The minimum Gasteiger partial charge on any atom is -0.454 e. The zero-order chi connectivity index (χ0) is 21.4. The maximum absolute atomic E-state index is 13.2. The lowest BCUT2D eigenvalue weighted by atomic mass is 10.1. The monoisotopic (exact) mass is 472 g/mol. The lowest BCUT2D eigenvalue weighted by molar-refractivity contribution is -0.385. The fraction of sp³-hybridized carbons (Fsp3) is 0.250. The predicted octanol–water partition coefficient (Wildman–Crippen LogP) is 4.19. The lowest BCUT2D eigenvalue weighted by Gasteiger charge is -2.14. The van der Waals surface area contributed by atoms with Gasteiger partial charge in [0, 0.05) is 10.4 Å². The van der Waals surface area contributed by atoms with Crippen molar-refractivity contribution in [3.05, 3.63) is 66.7 Å². The average molecular weight is 473 g/mol. The highest BCUT2D eigenvalue weighted by molar-refractivity contribution is 9.10. The van der Waals surface area contributed by atoms with Crippen molar-refractivity contribution < 1.29 is 14.4 Å². The van der Waals surface area contributed by atoms with Crippen LogP contribution in [-0.4, -0.2) is 27.6 Å². The first-order valence-electron chi connectivity index (χ1n) is 9.23. The Labute approximate surface area is 179 Å². The highest BCUT2D eigenvalue weighted by atomic mass is 79.9. The van der Waals surface area contributed by atoms with Crippen molar-refractivity contribution in [2.75, 3.05) is 6.79 Å². The average Bonchev–Trinajstić information content (AvgIpc) is 3.19. The maximum Gasteiger partial charge on any atom is 0.282 e. The van der Waals surface area contributed by atoms with Gasteiger partial charge in [-0.1, -0.05) is 29.8 Å². The van der Waals surface area contributed by atoms with Crippen LogP contribution in [0.2, 0.25) is 0 Å². The quantitative estimate of drug-likeness (QED) is 0.312. The van der Waals surface area contributed by atoms with Crippen LogP contribution in [0.15, 0.2) is 44.7 Å². The summed E-state index contributed by atoms with van der Waals surface area (Å²) in [5.41, 5.74) is 0.216. The lowest BCUT2D eigenvalue weighted by Crippen LogP contribution is -2.23. The molecule has 2 heterocycles. The SMILES string of the molecule is CC[C@@H](C)c1nc2ccc(Br)cc2c(=O)n1N=Cc1cc2c(cc1[N+](=O)[O-])OCO2. The molecule has 2 aromatic carbocycles. The molecule has 0 bridgehead atoms. The van der Waals surface area contributed by atoms with Gasteiger partial charge in [-0.25, -0.2) is 4.98 Å². The molecule has 9 nitrogen and oxygen atoms in total. The molecular formula is C20H17BrN4O5. The van der Waals surface area contributed by atoms with E-state index in [4.69, 9.17) is 9.47 Å². The minimum absolute atomic E-state index is 0.00578. The third-order valence-corrected chi connectivity index (χ3v) is 5.41. The molecule has 0 amide bonds. The van der Waals surface area contributed by atoms with Gasteiger partial charge in [0.2, 0.25) is 6.79 Å². The highest BCUT2D eigenvalue weighted by Crippen LogP contribution is 2.37. The molecule has 0 unspecified atom stereocenters. The normalized spacial score (nSPS) is 13.8. The van der Waals surface area contributed by atoms with Crippen LogP contribution >= 0.6 is 15.9 Å². The van der Waals surface area contributed by atoms with Gasteiger partial charge in [0.1, 0.15) is 5.82 Å². The fourth-order valence-corrected chi connectivity index (χ4v) is 3.47. The number of halogens is 1. The summed E-state index contributed by atoms with van der Waals surface area (Å²) < 4.78 is 12.5. The van der Waals surface area contributed by atoms with E-state index in [-0.39, 0.29) is 29.5 Å². The van der Waals surface area contributed by atoms with Crippen LogP contribution in [-0.2, 0) is 0 Å². The second kappa shape index (κ2) is 7.86. The zero-order valence-corrected chi connectivity index (χ0v) is 17.7. The molecule has 0 radical (unpaired) electrons. The number of aromatic nitrogens is 2. The second-order valence-electron chi connectivity index (χ2n) is 6.82. The van der Waals surface area contributed by atoms with Gasteiger partial charge in [0.15, 0.2) is 11.5 Å². The van der Waals surface area contributed by atoms with Crippen LogP contribution in [0.1, 0.15) is 37.6 Å². The van der Waals surface area contributed by atoms with Gasteiger partial charge in [0.25, 0.3) is 11.2 Å². The van der Waals surface area contributed by atoms with E-state index in [0.717, 1.165) is 10.9 Å². The van der Waals surface area contributed by atoms with E-state index in [2.05, 4.69) is 26.0 Å². The molecule has 4 rings (SSSR count). The number of hydrogen-bond acceptors (Lipinski definition) is 7. The first-order valence-corrected chi connectivity index (χ1v) is 10.0. The van der Waals surface area contributed by atoms with Gasteiger partial charge in [0.05, 0.1) is 33.7 Å². The molecule has 0 saturated carbocycles. The van der Waals surface area contributed by atoms with Gasteiger partial charge in [-0.15, -0.1) is 0 Å². The van der Waals surface area contributed by atoms with Crippen LogP contribution in [0.4, 0.5) is 5.69 Å². The molecular weight excluding hydrogens is 456 g/mol. The molecule has 0 fully saturated rings.